The van der Waals surface area contributed by atoms with Crippen LogP contribution in [0, 0.1) is 5.92 Å². The average Bonchev–Trinajstić information content (AvgIpc) is 3.07. The zero-order chi connectivity index (χ0) is 25.4. The van der Waals surface area contributed by atoms with Gasteiger partial charge in [-0.1, -0.05) is 30.3 Å². The maximum atomic E-state index is 12.2. The lowest BCUT2D eigenvalue weighted by Crippen LogP contribution is -2.47. The van der Waals surface area contributed by atoms with Gasteiger partial charge in [0.1, 0.15) is 11.2 Å². The van der Waals surface area contributed by atoms with E-state index >= 15 is 0 Å². The Hall–Kier alpha value is -2.65. The fourth-order valence-electron chi connectivity index (χ4n) is 3.86. The molecule has 9 heteroatoms. The summed E-state index contributed by atoms with van der Waals surface area (Å²) >= 11 is 0. The second kappa shape index (κ2) is 12.2. The van der Waals surface area contributed by atoms with Crippen LogP contribution in [0.5, 0.6) is 0 Å². The zero-order valence-electron chi connectivity index (χ0n) is 21.3. The van der Waals surface area contributed by atoms with Gasteiger partial charge in [0.2, 0.25) is 5.96 Å². The fraction of sp³-hybridized carbons (Fsp3) is 0.640. The zero-order valence-corrected chi connectivity index (χ0v) is 21.3. The maximum Gasteiger partial charge on any atom is 0.414 e. The first-order valence-electron chi connectivity index (χ1n) is 11.8. The molecular formula is C25H40N4O5. The summed E-state index contributed by atoms with van der Waals surface area (Å²) in [7, 11) is 0. The van der Waals surface area contributed by atoms with Gasteiger partial charge in [0, 0.05) is 19.1 Å². The van der Waals surface area contributed by atoms with E-state index in [4.69, 9.17) is 9.47 Å². The summed E-state index contributed by atoms with van der Waals surface area (Å²) in [5, 5.41) is 15.0. The van der Waals surface area contributed by atoms with Gasteiger partial charge in [-0.2, -0.15) is 0 Å². The number of carbonyl (C=O) groups excluding carboxylic acids is 2. The van der Waals surface area contributed by atoms with Gasteiger partial charge in [0.15, 0.2) is 0 Å². The van der Waals surface area contributed by atoms with Gasteiger partial charge in [-0.25, -0.2) is 9.59 Å². The number of hydrogen-bond donors (Lipinski definition) is 3. The van der Waals surface area contributed by atoms with Gasteiger partial charge in [-0.15, -0.1) is 0 Å². The van der Waals surface area contributed by atoms with Crippen molar-refractivity contribution in [1.82, 2.24) is 15.5 Å². The number of likely N-dealkylation sites (tertiary alicyclic amines) is 1. The molecule has 34 heavy (non-hydrogen) atoms. The predicted molar refractivity (Wildman–Crippen MR) is 131 cm³/mol. The van der Waals surface area contributed by atoms with Crippen LogP contribution in [-0.4, -0.2) is 65.1 Å². The van der Waals surface area contributed by atoms with Crippen LogP contribution in [0.2, 0.25) is 0 Å². The van der Waals surface area contributed by atoms with E-state index in [-0.39, 0.29) is 24.5 Å². The second-order valence-corrected chi connectivity index (χ2v) is 10.5. The summed E-state index contributed by atoms with van der Waals surface area (Å²) in [5.74, 6) is 0.227. The number of rotatable bonds is 6. The van der Waals surface area contributed by atoms with Gasteiger partial charge < -0.3 is 14.6 Å². The number of carbonyl (C=O) groups is 2. The third-order valence-electron chi connectivity index (χ3n) is 5.22. The van der Waals surface area contributed by atoms with E-state index in [9.17, 15) is 14.7 Å². The van der Waals surface area contributed by atoms with Crippen molar-refractivity contribution in [2.45, 2.75) is 78.2 Å². The lowest BCUT2D eigenvalue weighted by Gasteiger charge is -2.26. The molecular weight excluding hydrogens is 436 g/mol. The molecule has 1 aromatic rings. The number of guanidine groups is 1. The summed E-state index contributed by atoms with van der Waals surface area (Å²) in [5.41, 5.74) is -0.173. The molecule has 2 rings (SSSR count). The lowest BCUT2D eigenvalue weighted by molar-refractivity contribution is 0.0545. The summed E-state index contributed by atoms with van der Waals surface area (Å²) in [4.78, 5) is 31.1. The van der Waals surface area contributed by atoms with Crippen molar-refractivity contribution in [2.75, 3.05) is 19.7 Å². The number of nitrogens with zero attached hydrogens (tertiary/aromatic N) is 2. The third-order valence-corrected chi connectivity index (χ3v) is 5.22. The maximum absolute atomic E-state index is 12.2. The summed E-state index contributed by atoms with van der Waals surface area (Å²) in [6, 6.07) is 10.2. The molecule has 0 unspecified atom stereocenters. The highest BCUT2D eigenvalue weighted by atomic mass is 16.6. The molecule has 0 aromatic heterocycles. The molecule has 3 N–H and O–H groups in total. The Morgan fingerprint density at radius 1 is 1.03 bits per heavy atom. The van der Waals surface area contributed by atoms with E-state index in [1.807, 2.05) is 18.2 Å². The summed E-state index contributed by atoms with van der Waals surface area (Å²) in [6.07, 6.45) is 0.212. The van der Waals surface area contributed by atoms with E-state index in [0.29, 0.717) is 13.0 Å². The van der Waals surface area contributed by atoms with Crippen molar-refractivity contribution in [3.63, 3.8) is 0 Å². The van der Waals surface area contributed by atoms with Gasteiger partial charge in [-0.05, 0) is 72.4 Å². The molecule has 1 aliphatic heterocycles. The fourth-order valence-corrected chi connectivity index (χ4v) is 3.86. The number of amides is 2. The molecule has 0 aliphatic carbocycles. The molecule has 0 spiro atoms. The number of benzene rings is 1. The molecule has 0 radical (unpaired) electrons. The van der Waals surface area contributed by atoms with E-state index in [0.717, 1.165) is 19.5 Å². The van der Waals surface area contributed by atoms with Crippen molar-refractivity contribution in [3.05, 3.63) is 35.9 Å². The van der Waals surface area contributed by atoms with Crippen LogP contribution in [0.25, 0.3) is 0 Å². The van der Waals surface area contributed by atoms with Crippen molar-refractivity contribution < 1.29 is 24.2 Å². The highest BCUT2D eigenvalue weighted by Crippen LogP contribution is 2.28. The smallest absolute Gasteiger partial charge is 0.414 e. The normalized spacial score (nSPS) is 18.8. The first-order chi connectivity index (χ1) is 15.9. The Bertz CT molecular complexity index is 798. The highest BCUT2D eigenvalue weighted by molar-refractivity contribution is 6.01. The standard InChI is InChI=1S/C25H40N4O5/c1-24(2,3)33-22(31)27-21(28-23(32)34-25(4,5)6)26-14-12-19-13-15-29(20(19)17-30)16-18-10-8-7-9-11-18/h7-11,19-20,30H,12-17H2,1-6H3,(H2,26,27,28,31,32)/t19-,20+/m0/s1. The number of aliphatic hydroxyl groups excluding tert-OH is 1. The van der Waals surface area contributed by atoms with Crippen LogP contribution in [0.15, 0.2) is 35.3 Å². The number of aliphatic imine (C=N–C) groups is 1. The molecule has 9 nitrogen and oxygen atoms in total. The molecule has 1 aromatic carbocycles. The number of hydrogen-bond acceptors (Lipinski definition) is 7. The van der Waals surface area contributed by atoms with Crippen LogP contribution in [0.1, 0.15) is 59.9 Å². The summed E-state index contributed by atoms with van der Waals surface area (Å²) in [6.45, 7) is 12.6. The van der Waals surface area contributed by atoms with Crippen molar-refractivity contribution in [3.8, 4) is 0 Å². The SMILES string of the molecule is CC(C)(C)OC(=O)NC(=NCC[C@H]1CCN(Cc2ccccc2)[C@@H]1CO)NC(=O)OC(C)(C)C. The second-order valence-electron chi connectivity index (χ2n) is 10.5. The topological polar surface area (TPSA) is 112 Å². The molecule has 1 heterocycles. The first-order valence-corrected chi connectivity index (χ1v) is 11.8. The number of nitrogens with one attached hydrogen (secondary N) is 2. The molecule has 1 fully saturated rings. The molecule has 1 aliphatic rings. The molecule has 0 bridgehead atoms. The van der Waals surface area contributed by atoms with Crippen LogP contribution in [0.4, 0.5) is 9.59 Å². The number of alkyl carbamates (subject to hydrolysis) is 2. The van der Waals surface area contributed by atoms with Crippen LogP contribution in [-0.2, 0) is 16.0 Å². The van der Waals surface area contributed by atoms with Crippen LogP contribution in [0.3, 0.4) is 0 Å². The molecule has 2 atom stereocenters. The van der Waals surface area contributed by atoms with E-state index in [2.05, 4.69) is 32.7 Å². The Morgan fingerprint density at radius 3 is 2.09 bits per heavy atom. The van der Waals surface area contributed by atoms with E-state index in [1.165, 1.54) is 5.56 Å². The monoisotopic (exact) mass is 476 g/mol. The van der Waals surface area contributed by atoms with Crippen molar-refractivity contribution in [2.24, 2.45) is 10.9 Å². The number of ether oxygens (including phenoxy) is 2. The quantitative estimate of drug-likeness (QED) is 0.427. The molecule has 1 saturated heterocycles. The largest absolute Gasteiger partial charge is 0.444 e. The van der Waals surface area contributed by atoms with Crippen molar-refractivity contribution in [1.29, 1.82) is 0 Å². The summed E-state index contributed by atoms with van der Waals surface area (Å²) < 4.78 is 10.5. The third kappa shape index (κ3) is 10.1. The van der Waals surface area contributed by atoms with Gasteiger partial charge in [0.25, 0.3) is 0 Å². The Kier molecular flexibility index (Phi) is 9.88. The molecule has 190 valence electrons. The number of aliphatic hydroxyl groups is 1. The minimum Gasteiger partial charge on any atom is -0.444 e. The Morgan fingerprint density at radius 2 is 1.59 bits per heavy atom. The van der Waals surface area contributed by atoms with E-state index in [1.54, 1.807) is 41.5 Å². The van der Waals surface area contributed by atoms with Crippen LogP contribution >= 0.6 is 0 Å². The predicted octanol–water partition coefficient (Wildman–Crippen LogP) is 3.66. The van der Waals surface area contributed by atoms with Gasteiger partial charge in [-0.3, -0.25) is 20.5 Å². The lowest BCUT2D eigenvalue weighted by atomic mass is 9.97. The van der Waals surface area contributed by atoms with E-state index < -0.39 is 23.4 Å². The minimum atomic E-state index is -0.717. The van der Waals surface area contributed by atoms with Crippen LogP contribution < -0.4 is 10.6 Å². The average molecular weight is 477 g/mol. The van der Waals surface area contributed by atoms with Gasteiger partial charge in [0.05, 0.1) is 6.61 Å². The molecule has 0 saturated carbocycles. The Balaban J connectivity index is 2.00. The first kappa shape index (κ1) is 27.6. The van der Waals surface area contributed by atoms with Crippen molar-refractivity contribution >= 4 is 18.1 Å². The Labute approximate surface area is 202 Å². The molecule has 2 amide bonds. The minimum absolute atomic E-state index is 0.0248. The van der Waals surface area contributed by atoms with Gasteiger partial charge >= 0.3 is 12.2 Å². The highest BCUT2D eigenvalue weighted by Gasteiger charge is 2.33.